The normalized spacial score (nSPS) is 22.1. The van der Waals surface area contributed by atoms with Gasteiger partial charge in [0.2, 0.25) is 0 Å². The minimum atomic E-state index is -1.15. The fourth-order valence-corrected chi connectivity index (χ4v) is 4.36. The maximum atomic E-state index is 11.9. The van der Waals surface area contributed by atoms with Gasteiger partial charge in [0, 0.05) is 20.8 Å². The lowest BCUT2D eigenvalue weighted by molar-refractivity contribution is -0.166. The van der Waals surface area contributed by atoms with Crippen LogP contribution in [0.3, 0.4) is 0 Å². The molecule has 0 saturated carbocycles. The zero-order valence-electron chi connectivity index (χ0n) is 18.4. The van der Waals surface area contributed by atoms with Gasteiger partial charge in [0.25, 0.3) is 0 Å². The summed E-state index contributed by atoms with van der Waals surface area (Å²) in [5.41, 5.74) is 0.340. The second-order valence-corrected chi connectivity index (χ2v) is 8.41. The van der Waals surface area contributed by atoms with Gasteiger partial charge in [-0.15, -0.1) is 11.8 Å². The average molecular weight is 496 g/mol. The summed E-state index contributed by atoms with van der Waals surface area (Å²) in [6.07, 6.45) is -0.711. The molecular weight excluding hydrogens is 474 g/mol. The van der Waals surface area contributed by atoms with Crippen LogP contribution < -0.4 is 0 Å². The van der Waals surface area contributed by atoms with Crippen LogP contribution in [0.15, 0.2) is 10.2 Å². The van der Waals surface area contributed by atoms with Gasteiger partial charge >= 0.3 is 17.9 Å². The standard InChI is InChI=1S/C19H21N5O7S2/c1-8(25)28-7-12-14(29-9(2)26)15(30-10(3)27)18(31-12)24-16-13(11(6-20)23-24)17(32-4)22-19(21-16)33-5/h12,14-15,18H,7H2,1-5H3/t12-,14-,15-,18-/m1/s1. The molecule has 14 heteroatoms. The molecule has 2 aromatic rings. The lowest BCUT2D eigenvalue weighted by Crippen LogP contribution is -2.40. The summed E-state index contributed by atoms with van der Waals surface area (Å²) in [7, 11) is 0. The molecule has 2 aromatic heterocycles. The van der Waals surface area contributed by atoms with E-state index in [0.717, 1.165) is 0 Å². The van der Waals surface area contributed by atoms with Crippen molar-refractivity contribution < 1.29 is 33.3 Å². The highest BCUT2D eigenvalue weighted by atomic mass is 32.2. The summed E-state index contributed by atoms with van der Waals surface area (Å²) >= 11 is 2.62. The van der Waals surface area contributed by atoms with Crippen LogP contribution in [0.4, 0.5) is 0 Å². The molecule has 0 bridgehead atoms. The Morgan fingerprint density at radius 1 is 1.06 bits per heavy atom. The summed E-state index contributed by atoms with van der Waals surface area (Å²) in [6, 6.07) is 2.03. The van der Waals surface area contributed by atoms with Crippen LogP contribution in [0.2, 0.25) is 0 Å². The molecule has 4 atom stereocenters. The Morgan fingerprint density at radius 2 is 1.73 bits per heavy atom. The molecule has 0 N–H and O–H groups in total. The zero-order valence-corrected chi connectivity index (χ0v) is 20.1. The molecule has 0 unspecified atom stereocenters. The number of esters is 3. The number of hydrogen-bond donors (Lipinski definition) is 0. The van der Waals surface area contributed by atoms with Crippen molar-refractivity contribution in [2.75, 3.05) is 19.1 Å². The molecule has 3 rings (SSSR count). The van der Waals surface area contributed by atoms with Crippen molar-refractivity contribution in [3.63, 3.8) is 0 Å². The number of aromatic nitrogens is 4. The van der Waals surface area contributed by atoms with Crippen LogP contribution in [0.25, 0.3) is 11.0 Å². The van der Waals surface area contributed by atoms with Crippen molar-refractivity contribution >= 4 is 52.5 Å². The second kappa shape index (κ2) is 10.4. The fourth-order valence-electron chi connectivity index (χ4n) is 3.37. The van der Waals surface area contributed by atoms with Gasteiger partial charge in [-0.25, -0.2) is 14.6 Å². The first-order valence-electron chi connectivity index (χ1n) is 9.61. The number of nitriles is 1. The highest BCUT2D eigenvalue weighted by Gasteiger charge is 2.51. The molecule has 1 aliphatic heterocycles. The van der Waals surface area contributed by atoms with Crippen molar-refractivity contribution in [3.8, 4) is 6.07 Å². The van der Waals surface area contributed by atoms with Crippen LogP contribution in [-0.2, 0) is 33.3 Å². The number of nitrogens with zero attached hydrogens (tertiary/aromatic N) is 5. The lowest BCUT2D eigenvalue weighted by atomic mass is 10.1. The Bertz CT molecular complexity index is 1130. The first-order chi connectivity index (χ1) is 15.7. The minimum absolute atomic E-state index is 0.0552. The number of rotatable bonds is 7. The first-order valence-corrected chi connectivity index (χ1v) is 12.1. The van der Waals surface area contributed by atoms with Crippen molar-refractivity contribution in [3.05, 3.63) is 5.69 Å². The molecular formula is C19H21N5O7S2. The largest absolute Gasteiger partial charge is 0.463 e. The Kier molecular flexibility index (Phi) is 7.77. The lowest BCUT2D eigenvalue weighted by Gasteiger charge is -2.23. The van der Waals surface area contributed by atoms with Crippen LogP contribution in [0.1, 0.15) is 32.7 Å². The van der Waals surface area contributed by atoms with E-state index in [2.05, 4.69) is 15.1 Å². The maximum Gasteiger partial charge on any atom is 0.303 e. The summed E-state index contributed by atoms with van der Waals surface area (Å²) in [6.45, 7) is 3.36. The van der Waals surface area contributed by atoms with Crippen LogP contribution in [0.5, 0.6) is 0 Å². The molecule has 1 saturated heterocycles. The van der Waals surface area contributed by atoms with Gasteiger partial charge in [-0.1, -0.05) is 11.8 Å². The molecule has 0 aliphatic carbocycles. The van der Waals surface area contributed by atoms with Gasteiger partial charge in [-0.05, 0) is 12.5 Å². The Hall–Kier alpha value is -2.89. The van der Waals surface area contributed by atoms with Gasteiger partial charge in [0.15, 0.2) is 34.9 Å². The highest BCUT2D eigenvalue weighted by Crippen LogP contribution is 2.38. The van der Waals surface area contributed by atoms with E-state index in [1.165, 1.54) is 49.0 Å². The molecule has 3 heterocycles. The van der Waals surface area contributed by atoms with Crippen molar-refractivity contribution in [2.24, 2.45) is 0 Å². The number of fused-ring (bicyclic) bond motifs is 1. The molecule has 0 spiro atoms. The average Bonchev–Trinajstić information content (AvgIpc) is 3.29. The van der Waals surface area contributed by atoms with Crippen molar-refractivity contribution in [2.45, 2.75) is 55.5 Å². The molecule has 1 fully saturated rings. The Balaban J connectivity index is 2.17. The summed E-state index contributed by atoms with van der Waals surface area (Å²) in [5, 5.41) is 15.4. The van der Waals surface area contributed by atoms with Gasteiger partial charge in [0.05, 0.1) is 5.39 Å². The molecule has 0 radical (unpaired) electrons. The molecule has 12 nitrogen and oxygen atoms in total. The monoisotopic (exact) mass is 495 g/mol. The van der Waals surface area contributed by atoms with Gasteiger partial charge in [0.1, 0.15) is 23.8 Å². The van der Waals surface area contributed by atoms with E-state index in [9.17, 15) is 19.6 Å². The van der Waals surface area contributed by atoms with E-state index in [1.54, 1.807) is 6.26 Å². The van der Waals surface area contributed by atoms with Gasteiger partial charge < -0.3 is 18.9 Å². The predicted octanol–water partition coefficient (Wildman–Crippen LogP) is 1.47. The Morgan fingerprint density at radius 3 is 2.27 bits per heavy atom. The van der Waals surface area contributed by atoms with E-state index in [0.29, 0.717) is 15.6 Å². The topological polar surface area (TPSA) is 156 Å². The van der Waals surface area contributed by atoms with E-state index < -0.39 is 42.4 Å². The van der Waals surface area contributed by atoms with Gasteiger partial charge in [-0.3, -0.25) is 14.4 Å². The summed E-state index contributed by atoms with van der Waals surface area (Å²) in [5.74, 6) is -1.86. The quantitative estimate of drug-likeness (QED) is 0.179. The number of thioether (sulfide) groups is 2. The van der Waals surface area contributed by atoms with Crippen LogP contribution in [-0.4, -0.2) is 75.1 Å². The molecule has 176 valence electrons. The minimum Gasteiger partial charge on any atom is -0.463 e. The predicted molar refractivity (Wildman–Crippen MR) is 115 cm³/mol. The van der Waals surface area contributed by atoms with Crippen LogP contribution in [0, 0.1) is 11.3 Å². The highest BCUT2D eigenvalue weighted by molar-refractivity contribution is 7.99. The van der Waals surface area contributed by atoms with Crippen molar-refractivity contribution in [1.82, 2.24) is 19.7 Å². The fraction of sp³-hybridized carbons (Fsp3) is 0.526. The van der Waals surface area contributed by atoms with Gasteiger partial charge in [-0.2, -0.15) is 10.4 Å². The Labute approximate surface area is 197 Å². The van der Waals surface area contributed by atoms with Crippen LogP contribution >= 0.6 is 23.5 Å². The smallest absolute Gasteiger partial charge is 0.303 e. The van der Waals surface area contributed by atoms with E-state index in [-0.39, 0.29) is 17.9 Å². The molecule has 1 aliphatic rings. The molecule has 33 heavy (non-hydrogen) atoms. The first kappa shape index (κ1) is 24.7. The maximum absolute atomic E-state index is 11.9. The van der Waals surface area contributed by atoms with E-state index in [4.69, 9.17) is 18.9 Å². The third-order valence-corrected chi connectivity index (χ3v) is 5.79. The number of carbonyl (C=O) groups excluding carboxylic acids is 3. The number of hydrogen-bond acceptors (Lipinski definition) is 13. The molecule has 0 amide bonds. The zero-order chi connectivity index (χ0) is 24.3. The summed E-state index contributed by atoms with van der Waals surface area (Å²) < 4.78 is 23.2. The molecule has 0 aromatic carbocycles. The van der Waals surface area contributed by atoms with E-state index in [1.807, 2.05) is 12.3 Å². The summed E-state index contributed by atoms with van der Waals surface area (Å²) in [4.78, 5) is 43.9. The number of ether oxygens (including phenoxy) is 4. The third kappa shape index (κ3) is 5.21. The SMILES string of the molecule is CSc1nc(SC)c2c(C#N)nn([C@@H]3O[C@H](COC(C)=O)[C@@H](OC(C)=O)[C@H]3OC(C)=O)c2n1. The second-order valence-electron chi connectivity index (χ2n) is 6.84. The van der Waals surface area contributed by atoms with E-state index >= 15 is 0 Å². The number of carbonyl (C=O) groups is 3. The van der Waals surface area contributed by atoms with Crippen molar-refractivity contribution in [1.29, 1.82) is 5.26 Å². The third-order valence-electron chi connectivity index (χ3n) is 4.56.